The van der Waals surface area contributed by atoms with Gasteiger partial charge in [0.05, 0.1) is 16.0 Å². The molecular weight excluding hydrogens is 256 g/mol. The summed E-state index contributed by atoms with van der Waals surface area (Å²) in [5, 5.41) is 9.44. The maximum absolute atomic E-state index is 10.9. The Bertz CT molecular complexity index is 566. The van der Waals surface area contributed by atoms with Crippen LogP contribution in [0.2, 0.25) is 0 Å². The average Bonchev–Trinajstić information content (AvgIpc) is 2.67. The smallest absolute Gasteiger partial charge is 0.335 e. The van der Waals surface area contributed by atoms with Crippen molar-refractivity contribution in [3.8, 4) is 0 Å². The molecule has 2 aromatic rings. The highest BCUT2D eigenvalue weighted by molar-refractivity contribution is 8.01. The summed E-state index contributed by atoms with van der Waals surface area (Å²) in [4.78, 5) is 15.8. The Hall–Kier alpha value is -1.53. The lowest BCUT2D eigenvalue weighted by Crippen LogP contribution is -1.96. The maximum atomic E-state index is 10.9. The number of rotatable bonds is 3. The molecule has 0 saturated heterocycles. The molecule has 6 heteroatoms. The molecular formula is C11H10N2O2S2. The summed E-state index contributed by atoms with van der Waals surface area (Å²) in [6.45, 7) is 1.94. The summed E-state index contributed by atoms with van der Waals surface area (Å²) in [6, 6.07) is 5.07. The van der Waals surface area contributed by atoms with Gasteiger partial charge >= 0.3 is 5.97 Å². The van der Waals surface area contributed by atoms with E-state index in [0.29, 0.717) is 5.13 Å². The highest BCUT2D eigenvalue weighted by Crippen LogP contribution is 2.35. The molecule has 1 aromatic carbocycles. The predicted octanol–water partition coefficient (Wildman–Crippen LogP) is 2.88. The van der Waals surface area contributed by atoms with E-state index in [1.807, 2.05) is 6.92 Å². The largest absolute Gasteiger partial charge is 0.478 e. The lowest BCUT2D eigenvalue weighted by molar-refractivity contribution is 0.0696. The molecule has 0 radical (unpaired) electrons. The molecule has 0 aliphatic rings. The van der Waals surface area contributed by atoms with Gasteiger partial charge in [0.2, 0.25) is 0 Å². The van der Waals surface area contributed by atoms with Crippen LogP contribution in [0.15, 0.2) is 33.5 Å². The number of hydrogen-bond acceptors (Lipinski definition) is 5. The Labute approximate surface area is 106 Å². The van der Waals surface area contributed by atoms with Crippen molar-refractivity contribution in [2.24, 2.45) is 0 Å². The van der Waals surface area contributed by atoms with Gasteiger partial charge in [-0.1, -0.05) is 29.2 Å². The Morgan fingerprint density at radius 1 is 1.53 bits per heavy atom. The minimum Gasteiger partial charge on any atom is -0.478 e. The second-order valence-electron chi connectivity index (χ2n) is 3.41. The van der Waals surface area contributed by atoms with Crippen LogP contribution in [0.4, 0.5) is 5.13 Å². The zero-order valence-corrected chi connectivity index (χ0v) is 10.6. The quantitative estimate of drug-likeness (QED) is 0.893. The van der Waals surface area contributed by atoms with E-state index in [1.54, 1.807) is 24.4 Å². The van der Waals surface area contributed by atoms with E-state index in [9.17, 15) is 4.79 Å². The van der Waals surface area contributed by atoms with Crippen molar-refractivity contribution in [1.82, 2.24) is 4.98 Å². The molecule has 0 amide bonds. The van der Waals surface area contributed by atoms with Crippen LogP contribution >= 0.6 is 23.1 Å². The number of carboxylic acid groups (broad SMARTS) is 1. The minimum atomic E-state index is -0.921. The topological polar surface area (TPSA) is 76.2 Å². The van der Waals surface area contributed by atoms with E-state index in [0.717, 1.165) is 14.7 Å². The van der Waals surface area contributed by atoms with Crippen LogP contribution in [0.1, 0.15) is 15.9 Å². The number of aromatic carboxylic acids is 1. The molecule has 4 nitrogen and oxygen atoms in total. The fourth-order valence-electron chi connectivity index (χ4n) is 1.27. The summed E-state index contributed by atoms with van der Waals surface area (Å²) in [5.74, 6) is -0.921. The van der Waals surface area contributed by atoms with E-state index in [1.165, 1.54) is 23.1 Å². The Balaban J connectivity index is 2.31. The van der Waals surface area contributed by atoms with Crippen LogP contribution in [0.25, 0.3) is 0 Å². The number of nitrogens with zero attached hydrogens (tertiary/aromatic N) is 1. The number of nitrogens with two attached hydrogens (primary N) is 1. The van der Waals surface area contributed by atoms with Gasteiger partial charge < -0.3 is 10.8 Å². The second-order valence-corrected chi connectivity index (χ2v) is 5.81. The summed E-state index contributed by atoms with van der Waals surface area (Å²) < 4.78 is 0.952. The van der Waals surface area contributed by atoms with Crippen molar-refractivity contribution in [2.45, 2.75) is 16.0 Å². The summed E-state index contributed by atoms with van der Waals surface area (Å²) >= 11 is 2.87. The lowest BCUT2D eigenvalue weighted by Gasteiger charge is -2.04. The number of nitrogen functional groups attached to an aromatic ring is 1. The van der Waals surface area contributed by atoms with Crippen molar-refractivity contribution in [2.75, 3.05) is 5.73 Å². The molecule has 3 N–H and O–H groups in total. The van der Waals surface area contributed by atoms with Gasteiger partial charge in [0.15, 0.2) is 5.13 Å². The van der Waals surface area contributed by atoms with Gasteiger partial charge in [0.1, 0.15) is 0 Å². The first-order valence-corrected chi connectivity index (χ1v) is 6.42. The molecule has 0 fully saturated rings. The Kier molecular flexibility index (Phi) is 3.35. The number of thiazole rings is 1. The molecule has 0 aliphatic carbocycles. The van der Waals surface area contributed by atoms with Gasteiger partial charge in [-0.25, -0.2) is 9.78 Å². The van der Waals surface area contributed by atoms with Crippen molar-refractivity contribution < 1.29 is 9.90 Å². The third-order valence-corrected chi connectivity index (χ3v) is 4.24. The molecule has 0 aliphatic heterocycles. The van der Waals surface area contributed by atoms with E-state index >= 15 is 0 Å². The highest BCUT2D eigenvalue weighted by atomic mass is 32.2. The molecule has 2 rings (SSSR count). The van der Waals surface area contributed by atoms with E-state index < -0.39 is 5.97 Å². The second kappa shape index (κ2) is 4.77. The molecule has 17 heavy (non-hydrogen) atoms. The number of benzene rings is 1. The number of hydrogen-bond donors (Lipinski definition) is 2. The predicted molar refractivity (Wildman–Crippen MR) is 68.8 cm³/mol. The Morgan fingerprint density at radius 3 is 2.88 bits per heavy atom. The van der Waals surface area contributed by atoms with Gasteiger partial charge in [-0.2, -0.15) is 0 Å². The first kappa shape index (κ1) is 11.9. The van der Waals surface area contributed by atoms with Crippen LogP contribution in [0, 0.1) is 6.92 Å². The molecule has 88 valence electrons. The third kappa shape index (κ3) is 2.78. The zero-order valence-electron chi connectivity index (χ0n) is 9.01. The van der Waals surface area contributed by atoms with Crippen LogP contribution in [0.3, 0.4) is 0 Å². The van der Waals surface area contributed by atoms with Gasteiger partial charge in [-0.15, -0.1) is 0 Å². The molecule has 1 heterocycles. The number of anilines is 1. The summed E-state index contributed by atoms with van der Waals surface area (Å²) in [7, 11) is 0. The molecule has 0 atom stereocenters. The normalized spacial score (nSPS) is 10.4. The average molecular weight is 266 g/mol. The lowest BCUT2D eigenvalue weighted by atomic mass is 10.1. The number of carboxylic acids is 1. The summed E-state index contributed by atoms with van der Waals surface area (Å²) in [5.41, 5.74) is 6.87. The van der Waals surface area contributed by atoms with Gasteiger partial charge in [0, 0.05) is 4.90 Å². The third-order valence-electron chi connectivity index (χ3n) is 2.15. The maximum Gasteiger partial charge on any atom is 0.335 e. The zero-order chi connectivity index (χ0) is 12.4. The molecule has 1 aromatic heterocycles. The first-order chi connectivity index (χ1) is 8.06. The van der Waals surface area contributed by atoms with Crippen LogP contribution in [0.5, 0.6) is 0 Å². The van der Waals surface area contributed by atoms with Crippen molar-refractivity contribution >= 4 is 34.2 Å². The number of aryl methyl sites for hydroxylation is 1. The molecule has 0 spiro atoms. The molecule has 0 bridgehead atoms. The van der Waals surface area contributed by atoms with Gasteiger partial charge in [-0.05, 0) is 24.6 Å². The minimum absolute atomic E-state index is 0.288. The molecule has 0 unspecified atom stereocenters. The molecule has 0 saturated carbocycles. The van der Waals surface area contributed by atoms with E-state index in [4.69, 9.17) is 10.8 Å². The number of carbonyl (C=O) groups is 1. The standard InChI is InChI=1S/C11H10N2O2S2/c1-6-2-3-7(10(14)15)4-8(6)16-9-5-13-11(12)17-9/h2-5H,1H3,(H2,12,13)(H,14,15). The van der Waals surface area contributed by atoms with Crippen molar-refractivity contribution in [1.29, 1.82) is 0 Å². The fourth-order valence-corrected chi connectivity index (χ4v) is 3.12. The highest BCUT2D eigenvalue weighted by Gasteiger charge is 2.08. The van der Waals surface area contributed by atoms with Gasteiger partial charge in [0.25, 0.3) is 0 Å². The SMILES string of the molecule is Cc1ccc(C(=O)O)cc1Sc1cnc(N)s1. The van der Waals surface area contributed by atoms with Crippen LogP contribution in [-0.2, 0) is 0 Å². The van der Waals surface area contributed by atoms with Crippen LogP contribution in [-0.4, -0.2) is 16.1 Å². The van der Waals surface area contributed by atoms with Gasteiger partial charge in [-0.3, -0.25) is 0 Å². The number of aromatic nitrogens is 1. The van der Waals surface area contributed by atoms with Crippen molar-refractivity contribution in [3.63, 3.8) is 0 Å². The van der Waals surface area contributed by atoms with E-state index in [-0.39, 0.29) is 5.56 Å². The first-order valence-electron chi connectivity index (χ1n) is 4.79. The van der Waals surface area contributed by atoms with Crippen molar-refractivity contribution in [3.05, 3.63) is 35.5 Å². The fraction of sp³-hybridized carbons (Fsp3) is 0.0909. The monoisotopic (exact) mass is 266 g/mol. The Morgan fingerprint density at radius 2 is 2.29 bits per heavy atom. The van der Waals surface area contributed by atoms with E-state index in [2.05, 4.69) is 4.98 Å². The van der Waals surface area contributed by atoms with Crippen LogP contribution < -0.4 is 5.73 Å². The summed E-state index contributed by atoms with van der Waals surface area (Å²) in [6.07, 6.45) is 1.69.